The molecule has 1 unspecified atom stereocenters. The minimum atomic E-state index is -0.406. The molecule has 1 aliphatic rings. The van der Waals surface area contributed by atoms with Gasteiger partial charge in [0.05, 0.1) is 10.8 Å². The fourth-order valence-corrected chi connectivity index (χ4v) is 2.37. The van der Waals surface area contributed by atoms with Crippen molar-refractivity contribution in [1.29, 1.82) is 0 Å². The molecule has 1 saturated heterocycles. The van der Waals surface area contributed by atoms with Crippen molar-refractivity contribution in [3.05, 3.63) is 24.8 Å². The molecule has 15 heavy (non-hydrogen) atoms. The highest BCUT2D eigenvalue weighted by atomic mass is 28.1. The van der Waals surface area contributed by atoms with E-state index in [-0.39, 0.29) is 12.6 Å². The summed E-state index contributed by atoms with van der Waals surface area (Å²) in [5, 5.41) is -0.406. The Kier molecular flexibility index (Phi) is 4.29. The van der Waals surface area contributed by atoms with Crippen LogP contribution < -0.4 is 0 Å². The molecule has 1 atom stereocenters. The van der Waals surface area contributed by atoms with Gasteiger partial charge in [-0.2, -0.15) is 0 Å². The molecule has 0 aromatic rings. The molecular formula is C11H18O3Si. The summed E-state index contributed by atoms with van der Waals surface area (Å²) in [5.41, 5.74) is 0.468. The fraction of sp³-hybridized carbons (Fsp3) is 0.545. The van der Waals surface area contributed by atoms with E-state index in [1.807, 2.05) is 0 Å². The van der Waals surface area contributed by atoms with E-state index < -0.39 is 5.22 Å². The molecule has 0 N–H and O–H groups in total. The van der Waals surface area contributed by atoms with Crippen molar-refractivity contribution in [2.24, 2.45) is 0 Å². The number of hydrogen-bond acceptors (Lipinski definition) is 3. The Morgan fingerprint density at radius 3 is 2.87 bits per heavy atom. The van der Waals surface area contributed by atoms with Crippen LogP contribution in [-0.4, -0.2) is 34.6 Å². The van der Waals surface area contributed by atoms with E-state index in [4.69, 9.17) is 9.47 Å². The van der Waals surface area contributed by atoms with Gasteiger partial charge in [0.25, 0.3) is 0 Å². The second-order valence-electron chi connectivity index (χ2n) is 3.90. The molecule has 1 aliphatic heterocycles. The van der Waals surface area contributed by atoms with Gasteiger partial charge in [-0.25, -0.2) is 4.79 Å². The van der Waals surface area contributed by atoms with Crippen LogP contribution in [0.2, 0.25) is 0 Å². The minimum Gasteiger partial charge on any atom is -0.458 e. The molecule has 0 saturated carbocycles. The third kappa shape index (κ3) is 3.04. The third-order valence-corrected chi connectivity index (χ3v) is 4.08. The molecule has 1 fully saturated rings. The van der Waals surface area contributed by atoms with Gasteiger partial charge in [-0.3, -0.25) is 0 Å². The Hall–Kier alpha value is -0.873. The van der Waals surface area contributed by atoms with Crippen molar-refractivity contribution in [3.8, 4) is 0 Å². The first-order valence-electron chi connectivity index (χ1n) is 5.21. The largest absolute Gasteiger partial charge is 0.458 e. The van der Waals surface area contributed by atoms with E-state index in [1.165, 1.54) is 0 Å². The molecule has 0 aromatic heterocycles. The van der Waals surface area contributed by atoms with Gasteiger partial charge in [-0.15, -0.1) is 0 Å². The monoisotopic (exact) mass is 226 g/mol. The van der Waals surface area contributed by atoms with Crippen LogP contribution in [0.15, 0.2) is 24.8 Å². The maximum atomic E-state index is 11.6. The standard InChI is InChI=1S/C11H18O3Si/c1-3-7-13-10(12)9(2)11(15)6-4-5-8-14-11/h3H,1-2,4-8H2,15H3. The van der Waals surface area contributed by atoms with Crippen molar-refractivity contribution in [1.82, 2.24) is 0 Å². The zero-order valence-electron chi connectivity index (χ0n) is 9.25. The topological polar surface area (TPSA) is 35.5 Å². The Morgan fingerprint density at radius 2 is 2.33 bits per heavy atom. The lowest BCUT2D eigenvalue weighted by molar-refractivity contribution is -0.140. The maximum Gasteiger partial charge on any atom is 0.336 e. The second-order valence-corrected chi connectivity index (χ2v) is 5.52. The summed E-state index contributed by atoms with van der Waals surface area (Å²) in [6.45, 7) is 8.25. The first-order valence-corrected chi connectivity index (χ1v) is 6.21. The summed E-state index contributed by atoms with van der Waals surface area (Å²) in [5.74, 6) is -0.355. The minimum absolute atomic E-state index is 0.232. The first kappa shape index (κ1) is 12.2. The Balaban J connectivity index is 2.57. The number of ether oxygens (including phenoxy) is 2. The predicted octanol–water partition coefficient (Wildman–Crippen LogP) is 0.534. The highest BCUT2D eigenvalue weighted by Gasteiger charge is 2.35. The summed E-state index contributed by atoms with van der Waals surface area (Å²) in [6.07, 6.45) is 4.60. The van der Waals surface area contributed by atoms with E-state index in [0.717, 1.165) is 36.1 Å². The van der Waals surface area contributed by atoms with Crippen molar-refractivity contribution in [3.63, 3.8) is 0 Å². The third-order valence-electron chi connectivity index (χ3n) is 2.69. The SMILES string of the molecule is C=CCOC(=O)C(=C)C1([SiH3])CCCCO1. The van der Waals surface area contributed by atoms with Crippen LogP contribution in [-0.2, 0) is 14.3 Å². The quantitative estimate of drug-likeness (QED) is 0.304. The molecule has 3 nitrogen and oxygen atoms in total. The van der Waals surface area contributed by atoms with Crippen molar-refractivity contribution >= 4 is 16.2 Å². The Morgan fingerprint density at radius 1 is 1.60 bits per heavy atom. The molecule has 4 heteroatoms. The highest BCUT2D eigenvalue weighted by Crippen LogP contribution is 2.28. The average molecular weight is 226 g/mol. The number of hydrogen-bond donors (Lipinski definition) is 0. The molecule has 0 spiro atoms. The van der Waals surface area contributed by atoms with Gasteiger partial charge in [-0.05, 0) is 19.3 Å². The van der Waals surface area contributed by atoms with Crippen molar-refractivity contribution < 1.29 is 14.3 Å². The number of carbonyl (C=O) groups is 1. The summed E-state index contributed by atoms with van der Waals surface area (Å²) in [6, 6.07) is 0. The first-order chi connectivity index (χ1) is 7.10. The van der Waals surface area contributed by atoms with Crippen LogP contribution in [0.25, 0.3) is 0 Å². The van der Waals surface area contributed by atoms with Crippen LogP contribution in [0.1, 0.15) is 19.3 Å². The maximum absolute atomic E-state index is 11.6. The van der Waals surface area contributed by atoms with Gasteiger partial charge in [0.2, 0.25) is 0 Å². The summed E-state index contributed by atoms with van der Waals surface area (Å²) in [7, 11) is 0.772. The van der Waals surface area contributed by atoms with Crippen LogP contribution in [0, 0.1) is 0 Å². The van der Waals surface area contributed by atoms with E-state index in [9.17, 15) is 4.79 Å². The zero-order chi connectivity index (χ0) is 11.3. The number of rotatable bonds is 4. The van der Waals surface area contributed by atoms with Gasteiger partial charge in [0.1, 0.15) is 6.61 Å². The zero-order valence-corrected chi connectivity index (χ0v) is 11.3. The predicted molar refractivity (Wildman–Crippen MR) is 62.8 cm³/mol. The van der Waals surface area contributed by atoms with E-state index >= 15 is 0 Å². The van der Waals surface area contributed by atoms with Crippen LogP contribution in [0.3, 0.4) is 0 Å². The van der Waals surface area contributed by atoms with Crippen LogP contribution >= 0.6 is 0 Å². The molecule has 0 amide bonds. The molecule has 1 heterocycles. The van der Waals surface area contributed by atoms with Crippen LogP contribution in [0.4, 0.5) is 0 Å². The lowest BCUT2D eigenvalue weighted by Gasteiger charge is -2.34. The van der Waals surface area contributed by atoms with E-state index in [0.29, 0.717) is 5.57 Å². The lowest BCUT2D eigenvalue weighted by Crippen LogP contribution is -2.41. The fourth-order valence-electron chi connectivity index (χ4n) is 1.61. The van der Waals surface area contributed by atoms with Crippen LogP contribution in [0.5, 0.6) is 0 Å². The van der Waals surface area contributed by atoms with Crippen molar-refractivity contribution in [2.75, 3.05) is 13.2 Å². The average Bonchev–Trinajstić information content (AvgIpc) is 2.26. The molecule has 0 aliphatic carbocycles. The van der Waals surface area contributed by atoms with Gasteiger partial charge >= 0.3 is 5.97 Å². The highest BCUT2D eigenvalue weighted by molar-refractivity contribution is 6.20. The normalized spacial score (nSPS) is 25.9. The van der Waals surface area contributed by atoms with Gasteiger partial charge in [-0.1, -0.05) is 19.2 Å². The number of carbonyl (C=O) groups excluding carboxylic acids is 1. The molecule has 0 radical (unpaired) electrons. The smallest absolute Gasteiger partial charge is 0.336 e. The summed E-state index contributed by atoms with van der Waals surface area (Å²) >= 11 is 0. The van der Waals surface area contributed by atoms with Gasteiger partial charge < -0.3 is 9.47 Å². The second kappa shape index (κ2) is 5.28. The summed E-state index contributed by atoms with van der Waals surface area (Å²) < 4.78 is 10.6. The van der Waals surface area contributed by atoms with Crippen molar-refractivity contribution in [2.45, 2.75) is 24.5 Å². The lowest BCUT2D eigenvalue weighted by atomic mass is 10.0. The molecule has 0 bridgehead atoms. The Bertz CT molecular complexity index is 267. The molecule has 0 aromatic carbocycles. The molecular weight excluding hydrogens is 208 g/mol. The molecule has 1 rings (SSSR count). The van der Waals surface area contributed by atoms with Gasteiger partial charge in [0, 0.05) is 16.8 Å². The van der Waals surface area contributed by atoms with E-state index in [2.05, 4.69) is 13.2 Å². The van der Waals surface area contributed by atoms with Gasteiger partial charge in [0.15, 0.2) is 0 Å². The number of esters is 1. The molecule has 84 valence electrons. The Labute approximate surface area is 93.6 Å². The summed E-state index contributed by atoms with van der Waals surface area (Å²) in [4.78, 5) is 11.6. The van der Waals surface area contributed by atoms with E-state index in [1.54, 1.807) is 6.08 Å².